The minimum atomic E-state index is -0.994. The van der Waals surface area contributed by atoms with Crippen LogP contribution in [0.4, 0.5) is 4.72 Å². The highest BCUT2D eigenvalue weighted by Gasteiger charge is 2.25. The quantitative estimate of drug-likeness (QED) is 0.521. The molecule has 0 fully saturated rings. The SMILES string of the molecule is C.N=C(N)c1cccc(CCc2ccc3c(c2)CCN(CC(=O)O)C3=O)c1.[3H]F. The number of hydrogen-bond donors (Lipinski definition) is 3. The Kier molecular flexibility index (Phi) is 7.26. The lowest BCUT2D eigenvalue weighted by atomic mass is 9.94. The molecule has 0 aromatic heterocycles. The number of amides is 1. The predicted molar refractivity (Wildman–Crippen MR) is 108 cm³/mol. The first-order chi connectivity index (χ1) is 13.4. The number of aryl methyl sites for hydroxylation is 2. The largest absolute Gasteiger partial charge is 0.480 e. The Morgan fingerprint density at radius 2 is 1.89 bits per heavy atom. The average molecular weight is 389 g/mol. The van der Waals surface area contributed by atoms with Gasteiger partial charge < -0.3 is 15.7 Å². The van der Waals surface area contributed by atoms with Crippen molar-refractivity contribution in [2.24, 2.45) is 5.73 Å². The zero-order valence-electron chi connectivity index (χ0n) is 15.7. The van der Waals surface area contributed by atoms with E-state index >= 15 is 0 Å². The molecular formula is C21H26FN3O3. The maximum Gasteiger partial charge on any atom is 0.323 e. The number of nitrogens with one attached hydrogen (secondary N) is 1. The van der Waals surface area contributed by atoms with Gasteiger partial charge in [-0.1, -0.05) is 37.8 Å². The molecule has 28 heavy (non-hydrogen) atoms. The Morgan fingerprint density at radius 3 is 2.54 bits per heavy atom. The van der Waals surface area contributed by atoms with Gasteiger partial charge >= 0.3 is 5.97 Å². The molecule has 4 N–H and O–H groups in total. The number of hydrogen-bond acceptors (Lipinski definition) is 3. The van der Waals surface area contributed by atoms with Gasteiger partial charge in [0, 0.05) is 17.7 Å². The first-order valence-corrected chi connectivity index (χ1v) is 8.50. The molecule has 0 unspecified atom stereocenters. The number of rotatable bonds is 6. The summed E-state index contributed by atoms with van der Waals surface area (Å²) in [5.74, 6) is -1.15. The average Bonchev–Trinajstić information content (AvgIpc) is 2.70. The van der Waals surface area contributed by atoms with Crippen LogP contribution in [0.5, 0.6) is 0 Å². The van der Waals surface area contributed by atoms with Crippen molar-refractivity contribution >= 4 is 17.7 Å². The molecule has 0 radical (unpaired) electrons. The maximum atomic E-state index is 12.4. The summed E-state index contributed by atoms with van der Waals surface area (Å²) in [6, 6.07) is 13.4. The van der Waals surface area contributed by atoms with Crippen molar-refractivity contribution in [1.29, 1.82) is 6.86 Å². The highest BCUT2D eigenvalue weighted by atomic mass is 19.0. The van der Waals surface area contributed by atoms with Gasteiger partial charge in [-0.25, -0.2) is 0 Å². The van der Waals surface area contributed by atoms with E-state index in [0.29, 0.717) is 18.5 Å². The number of halogens is 1. The van der Waals surface area contributed by atoms with Gasteiger partial charge in [0.25, 0.3) is 7.36 Å². The number of benzene rings is 2. The molecule has 3 rings (SSSR count). The molecule has 2 aromatic rings. The number of fused-ring (bicyclic) bond motifs is 1. The Bertz CT molecular complexity index is 889. The van der Waals surface area contributed by atoms with Crippen molar-refractivity contribution in [3.63, 3.8) is 0 Å². The molecule has 0 aliphatic carbocycles. The van der Waals surface area contributed by atoms with Crippen molar-refractivity contribution in [2.75, 3.05) is 13.1 Å². The molecule has 1 aliphatic heterocycles. The van der Waals surface area contributed by atoms with E-state index in [-0.39, 0.29) is 25.7 Å². The van der Waals surface area contributed by atoms with Crippen LogP contribution in [0.2, 0.25) is 0 Å². The molecule has 1 aliphatic rings. The molecule has 7 heteroatoms. The minimum absolute atomic E-state index is 0. The standard InChI is InChI=1S/C20H21N3O3.CH4.FH/c21-19(22)16-3-1-2-13(11-16)4-5-14-6-7-17-15(10-14)8-9-23(20(17)26)12-18(24)25;;/h1-3,6-7,10-11H,4-5,8-9,12H2,(H3,21,22)(H,24,25);1H4;1H/i/hT. The fourth-order valence-electron chi connectivity index (χ4n) is 3.24. The van der Waals surface area contributed by atoms with Gasteiger partial charge in [-0.2, -0.15) is 0 Å². The van der Waals surface area contributed by atoms with Crippen LogP contribution in [-0.2, 0) is 24.1 Å². The molecular weight excluding hydrogens is 361 g/mol. The van der Waals surface area contributed by atoms with Crippen molar-refractivity contribution in [1.82, 2.24) is 4.90 Å². The molecule has 0 atom stereocenters. The number of carbonyl (C=O) groups is 2. The zero-order chi connectivity index (χ0) is 20.7. The van der Waals surface area contributed by atoms with Gasteiger partial charge in [-0.05, 0) is 48.1 Å². The van der Waals surface area contributed by atoms with Gasteiger partial charge in [-0.15, -0.1) is 0 Å². The van der Waals surface area contributed by atoms with E-state index in [1.54, 1.807) is 6.07 Å². The van der Waals surface area contributed by atoms with Crippen LogP contribution in [0, 0.1) is 5.41 Å². The Labute approximate surface area is 165 Å². The van der Waals surface area contributed by atoms with E-state index in [1.165, 1.54) is 4.90 Å². The van der Waals surface area contributed by atoms with Gasteiger partial charge in [0.05, 0.1) is 0 Å². The van der Waals surface area contributed by atoms with Crippen LogP contribution in [0.3, 0.4) is 0 Å². The summed E-state index contributed by atoms with van der Waals surface area (Å²) in [5.41, 5.74) is 10.1. The van der Waals surface area contributed by atoms with Gasteiger partial charge in [0.1, 0.15) is 12.4 Å². The maximum absolute atomic E-state index is 12.4. The number of carbonyl (C=O) groups excluding carboxylic acids is 1. The zero-order valence-corrected chi connectivity index (χ0v) is 14.7. The highest BCUT2D eigenvalue weighted by Crippen LogP contribution is 2.21. The summed E-state index contributed by atoms with van der Waals surface area (Å²) in [6.45, 7) is 0.175. The molecule has 0 saturated heterocycles. The lowest BCUT2D eigenvalue weighted by molar-refractivity contribution is -0.137. The number of carboxylic acids is 1. The number of nitrogens with zero attached hydrogens (tertiary/aromatic N) is 1. The second kappa shape index (κ2) is 9.64. The smallest absolute Gasteiger partial charge is 0.323 e. The lowest BCUT2D eigenvalue weighted by Crippen LogP contribution is -2.40. The Balaban J connectivity index is 0.00000136. The van der Waals surface area contributed by atoms with Crippen LogP contribution in [0.1, 0.15) is 40.0 Å². The monoisotopic (exact) mass is 389 g/mol. The number of carboxylic acid groups (broad SMARTS) is 1. The van der Waals surface area contributed by atoms with E-state index in [2.05, 4.69) is 1.45 Å². The lowest BCUT2D eigenvalue weighted by Gasteiger charge is -2.27. The third-order valence-electron chi connectivity index (χ3n) is 4.60. The van der Waals surface area contributed by atoms with Crippen molar-refractivity contribution in [3.05, 3.63) is 70.3 Å². The summed E-state index contributed by atoms with van der Waals surface area (Å²) in [7, 11) is 0. The van der Waals surface area contributed by atoms with Gasteiger partial charge in [0.2, 0.25) is 0 Å². The molecule has 0 saturated carbocycles. The fourth-order valence-corrected chi connectivity index (χ4v) is 3.24. The molecule has 1 amide bonds. The van der Waals surface area contributed by atoms with E-state index in [1.807, 2.05) is 36.4 Å². The predicted octanol–water partition coefficient (Wildman–Crippen LogP) is 2.63. The topological polar surface area (TPSA) is 107 Å². The summed E-state index contributed by atoms with van der Waals surface area (Å²) >= 11 is 0. The normalized spacial score (nSPS) is 12.7. The first kappa shape index (κ1) is 21.1. The van der Waals surface area contributed by atoms with E-state index < -0.39 is 5.97 Å². The van der Waals surface area contributed by atoms with Crippen molar-refractivity contribution in [2.45, 2.75) is 26.7 Å². The van der Waals surface area contributed by atoms with E-state index in [4.69, 9.17) is 21.0 Å². The number of aliphatic carboxylic acids is 1. The third-order valence-corrected chi connectivity index (χ3v) is 4.60. The third kappa shape index (κ3) is 5.16. The fraction of sp³-hybridized carbons (Fsp3) is 0.286. The summed E-state index contributed by atoms with van der Waals surface area (Å²) < 4.78 is 13.0. The Hall–Kier alpha value is -3.22. The summed E-state index contributed by atoms with van der Waals surface area (Å²) in [4.78, 5) is 24.6. The second-order valence-corrected chi connectivity index (χ2v) is 6.48. The number of nitrogens with two attached hydrogens (primary N) is 1. The van der Waals surface area contributed by atoms with Crippen LogP contribution in [-0.4, -0.2) is 42.3 Å². The molecule has 0 bridgehead atoms. The second-order valence-electron chi connectivity index (χ2n) is 6.48. The Morgan fingerprint density at radius 1 is 1.21 bits per heavy atom. The van der Waals surface area contributed by atoms with Crippen LogP contribution in [0.25, 0.3) is 0 Å². The number of nitrogen functional groups attached to an aromatic ring is 1. The molecule has 0 spiro atoms. The van der Waals surface area contributed by atoms with Crippen molar-refractivity contribution < 1.29 is 19.4 Å². The van der Waals surface area contributed by atoms with Crippen LogP contribution in [0.15, 0.2) is 42.5 Å². The van der Waals surface area contributed by atoms with Gasteiger partial charge in [-0.3, -0.25) is 19.7 Å². The molecule has 6 nitrogen and oxygen atoms in total. The highest BCUT2D eigenvalue weighted by molar-refractivity contribution is 5.98. The van der Waals surface area contributed by atoms with Crippen molar-refractivity contribution in [3.8, 4) is 0 Å². The molecule has 2 aromatic carbocycles. The number of amidine groups is 1. The minimum Gasteiger partial charge on any atom is -0.480 e. The van der Waals surface area contributed by atoms with Crippen LogP contribution < -0.4 is 5.73 Å². The van der Waals surface area contributed by atoms with E-state index in [0.717, 1.165) is 35.1 Å². The van der Waals surface area contributed by atoms with Crippen LogP contribution >= 0.6 is 0 Å². The van der Waals surface area contributed by atoms with Gasteiger partial charge in [0.15, 0.2) is 0 Å². The van der Waals surface area contributed by atoms with E-state index in [9.17, 15) is 9.59 Å². The summed E-state index contributed by atoms with van der Waals surface area (Å²) in [6.07, 6.45) is 2.31. The first-order valence-electron chi connectivity index (χ1n) is 8.88. The summed E-state index contributed by atoms with van der Waals surface area (Å²) in [5, 5.41) is 16.4. The molecule has 150 valence electrons. The molecule has 1 heterocycles.